The van der Waals surface area contributed by atoms with Crippen LogP contribution in [0.3, 0.4) is 0 Å². The average molecular weight is 263 g/mol. The Kier molecular flexibility index (Phi) is 3.15. The zero-order valence-corrected chi connectivity index (χ0v) is 11.6. The van der Waals surface area contributed by atoms with E-state index in [4.69, 9.17) is 9.47 Å². The number of nitrogens with zero attached hydrogens (tertiary/aromatic N) is 1. The zero-order valence-electron chi connectivity index (χ0n) is 11.6. The molecule has 4 heteroatoms. The monoisotopic (exact) mass is 263 g/mol. The van der Waals surface area contributed by atoms with Crippen molar-refractivity contribution < 1.29 is 14.6 Å². The third-order valence-electron chi connectivity index (χ3n) is 4.37. The van der Waals surface area contributed by atoms with E-state index in [1.165, 1.54) is 5.56 Å². The molecular formula is C15H21NO3. The van der Waals surface area contributed by atoms with Crippen LogP contribution >= 0.6 is 0 Å². The summed E-state index contributed by atoms with van der Waals surface area (Å²) >= 11 is 0. The second-order valence-corrected chi connectivity index (χ2v) is 5.78. The van der Waals surface area contributed by atoms with E-state index < -0.39 is 0 Å². The summed E-state index contributed by atoms with van der Waals surface area (Å²) in [6, 6.07) is 5.70. The van der Waals surface area contributed by atoms with E-state index in [1.54, 1.807) is 19.2 Å². The third kappa shape index (κ3) is 2.30. The van der Waals surface area contributed by atoms with Gasteiger partial charge in [0, 0.05) is 25.3 Å². The number of likely N-dealkylation sites (tertiary alicyclic amines) is 1. The van der Waals surface area contributed by atoms with Gasteiger partial charge in [-0.05, 0) is 38.4 Å². The lowest BCUT2D eigenvalue weighted by atomic mass is 9.92. The molecule has 1 fully saturated rings. The predicted molar refractivity (Wildman–Crippen MR) is 72.6 cm³/mol. The summed E-state index contributed by atoms with van der Waals surface area (Å²) in [5, 5.41) is 9.50. The molecule has 0 spiro atoms. The molecule has 0 aliphatic carbocycles. The Hall–Kier alpha value is -1.26. The number of hydrogen-bond donors (Lipinski definition) is 1. The number of aromatic hydroxyl groups is 1. The van der Waals surface area contributed by atoms with E-state index in [0.717, 1.165) is 31.7 Å². The number of fused-ring (bicyclic) bond motifs is 1. The molecule has 1 aromatic carbocycles. The molecule has 2 atom stereocenters. The Morgan fingerprint density at radius 1 is 1.47 bits per heavy atom. The highest BCUT2D eigenvalue weighted by atomic mass is 16.5. The van der Waals surface area contributed by atoms with Crippen LogP contribution in [0.5, 0.6) is 11.5 Å². The van der Waals surface area contributed by atoms with Crippen molar-refractivity contribution in [2.75, 3.05) is 26.8 Å². The summed E-state index contributed by atoms with van der Waals surface area (Å²) in [6.07, 6.45) is 2.25. The van der Waals surface area contributed by atoms with Crippen molar-refractivity contribution in [3.63, 3.8) is 0 Å². The van der Waals surface area contributed by atoms with E-state index in [0.29, 0.717) is 6.61 Å². The topological polar surface area (TPSA) is 41.9 Å². The lowest BCUT2D eigenvalue weighted by molar-refractivity contribution is -0.0630. The number of rotatable bonds is 2. The van der Waals surface area contributed by atoms with Crippen LogP contribution in [-0.2, 0) is 4.74 Å². The Morgan fingerprint density at radius 2 is 2.32 bits per heavy atom. The van der Waals surface area contributed by atoms with Crippen LogP contribution in [0.1, 0.15) is 31.4 Å². The SMILES string of the molecule is COC1(C)CCCN(C2COc3cc(O)ccc32)C1. The van der Waals surface area contributed by atoms with Gasteiger partial charge in [0.1, 0.15) is 18.1 Å². The zero-order chi connectivity index (χ0) is 13.5. The fourth-order valence-electron chi connectivity index (χ4n) is 3.16. The Bertz CT molecular complexity index is 476. The summed E-state index contributed by atoms with van der Waals surface area (Å²) in [4.78, 5) is 2.44. The van der Waals surface area contributed by atoms with Crippen molar-refractivity contribution in [3.05, 3.63) is 23.8 Å². The van der Waals surface area contributed by atoms with Crippen LogP contribution in [0.4, 0.5) is 0 Å². The second kappa shape index (κ2) is 4.69. The van der Waals surface area contributed by atoms with Gasteiger partial charge in [-0.15, -0.1) is 0 Å². The maximum absolute atomic E-state index is 9.50. The summed E-state index contributed by atoms with van der Waals surface area (Å²) < 4.78 is 11.4. The van der Waals surface area contributed by atoms with Crippen molar-refractivity contribution in [1.29, 1.82) is 0 Å². The molecule has 2 heterocycles. The van der Waals surface area contributed by atoms with Crippen molar-refractivity contribution >= 4 is 0 Å². The minimum absolute atomic E-state index is 0.0576. The minimum Gasteiger partial charge on any atom is -0.508 e. The molecule has 0 bridgehead atoms. The van der Waals surface area contributed by atoms with E-state index in [1.807, 2.05) is 6.07 Å². The summed E-state index contributed by atoms with van der Waals surface area (Å²) in [5.41, 5.74) is 1.12. The van der Waals surface area contributed by atoms with Crippen LogP contribution in [0.2, 0.25) is 0 Å². The van der Waals surface area contributed by atoms with Crippen LogP contribution in [0, 0.1) is 0 Å². The Labute approximate surface area is 113 Å². The van der Waals surface area contributed by atoms with Crippen LogP contribution in [0.15, 0.2) is 18.2 Å². The number of phenols is 1. The average Bonchev–Trinajstić information content (AvgIpc) is 2.81. The molecule has 1 N–H and O–H groups in total. The van der Waals surface area contributed by atoms with Gasteiger partial charge in [-0.25, -0.2) is 0 Å². The molecule has 0 saturated carbocycles. The minimum atomic E-state index is -0.0576. The molecule has 2 unspecified atom stereocenters. The molecule has 4 nitrogen and oxygen atoms in total. The van der Waals surface area contributed by atoms with Crippen molar-refractivity contribution in [3.8, 4) is 11.5 Å². The van der Waals surface area contributed by atoms with E-state index in [9.17, 15) is 5.11 Å². The second-order valence-electron chi connectivity index (χ2n) is 5.78. The standard InChI is InChI=1S/C15H21NO3/c1-15(18-2)6-3-7-16(10-15)13-9-19-14-8-11(17)4-5-12(13)14/h4-5,8,13,17H,3,6-7,9-10H2,1-2H3. The first-order chi connectivity index (χ1) is 9.11. The molecule has 1 saturated heterocycles. The molecule has 2 aliphatic rings. The van der Waals surface area contributed by atoms with Crippen LogP contribution < -0.4 is 4.74 Å². The van der Waals surface area contributed by atoms with Crippen LogP contribution in [-0.4, -0.2) is 42.4 Å². The number of phenolic OH excluding ortho intramolecular Hbond substituents is 1. The summed E-state index contributed by atoms with van der Waals surface area (Å²) in [5.74, 6) is 1.08. The van der Waals surface area contributed by atoms with E-state index in [2.05, 4.69) is 11.8 Å². The van der Waals surface area contributed by atoms with Gasteiger partial charge in [0.05, 0.1) is 11.6 Å². The summed E-state index contributed by atoms with van der Waals surface area (Å²) in [7, 11) is 1.79. The van der Waals surface area contributed by atoms with Gasteiger partial charge < -0.3 is 14.6 Å². The fraction of sp³-hybridized carbons (Fsp3) is 0.600. The van der Waals surface area contributed by atoms with Gasteiger partial charge in [0.25, 0.3) is 0 Å². The van der Waals surface area contributed by atoms with Gasteiger partial charge in [-0.2, -0.15) is 0 Å². The van der Waals surface area contributed by atoms with Crippen molar-refractivity contribution in [2.24, 2.45) is 0 Å². The van der Waals surface area contributed by atoms with Gasteiger partial charge in [-0.1, -0.05) is 0 Å². The number of benzene rings is 1. The van der Waals surface area contributed by atoms with Crippen molar-refractivity contribution in [2.45, 2.75) is 31.4 Å². The molecule has 3 rings (SSSR count). The first-order valence-corrected chi connectivity index (χ1v) is 6.86. The Morgan fingerprint density at radius 3 is 3.11 bits per heavy atom. The molecule has 0 radical (unpaired) electrons. The van der Waals surface area contributed by atoms with Gasteiger partial charge in [0.2, 0.25) is 0 Å². The Balaban J connectivity index is 1.82. The maximum atomic E-state index is 9.50. The largest absolute Gasteiger partial charge is 0.508 e. The van der Waals surface area contributed by atoms with Gasteiger partial charge in [0.15, 0.2) is 0 Å². The molecule has 19 heavy (non-hydrogen) atoms. The third-order valence-corrected chi connectivity index (χ3v) is 4.37. The number of methoxy groups -OCH3 is 1. The van der Waals surface area contributed by atoms with E-state index in [-0.39, 0.29) is 17.4 Å². The maximum Gasteiger partial charge on any atom is 0.127 e. The molecule has 0 amide bonds. The fourth-order valence-corrected chi connectivity index (χ4v) is 3.16. The van der Waals surface area contributed by atoms with E-state index >= 15 is 0 Å². The first kappa shape index (κ1) is 12.8. The van der Waals surface area contributed by atoms with Crippen molar-refractivity contribution in [1.82, 2.24) is 4.90 Å². The van der Waals surface area contributed by atoms with Crippen LogP contribution in [0.25, 0.3) is 0 Å². The molecule has 2 aliphatic heterocycles. The quantitative estimate of drug-likeness (QED) is 0.889. The molecule has 104 valence electrons. The molecular weight excluding hydrogens is 242 g/mol. The molecule has 0 aromatic heterocycles. The lowest BCUT2D eigenvalue weighted by Gasteiger charge is -2.41. The number of piperidine rings is 1. The highest BCUT2D eigenvalue weighted by Crippen LogP contribution is 2.40. The highest BCUT2D eigenvalue weighted by Gasteiger charge is 2.37. The summed E-state index contributed by atoms with van der Waals surface area (Å²) in [6.45, 7) is 4.84. The lowest BCUT2D eigenvalue weighted by Crippen LogP contribution is -2.48. The van der Waals surface area contributed by atoms with Gasteiger partial charge in [-0.3, -0.25) is 4.90 Å². The number of ether oxygens (including phenoxy) is 2. The number of hydrogen-bond acceptors (Lipinski definition) is 4. The normalized spacial score (nSPS) is 30.9. The first-order valence-electron chi connectivity index (χ1n) is 6.86. The predicted octanol–water partition coefficient (Wildman–Crippen LogP) is 2.33. The molecule has 1 aromatic rings. The highest BCUT2D eigenvalue weighted by molar-refractivity contribution is 5.44. The smallest absolute Gasteiger partial charge is 0.127 e. The van der Waals surface area contributed by atoms with Gasteiger partial charge >= 0.3 is 0 Å².